The zero-order valence-corrected chi connectivity index (χ0v) is 11.1. The van der Waals surface area contributed by atoms with Crippen molar-refractivity contribution in [3.05, 3.63) is 22.3 Å². The van der Waals surface area contributed by atoms with Gasteiger partial charge in [0, 0.05) is 17.3 Å². The highest BCUT2D eigenvalue weighted by Gasteiger charge is 2.17. The monoisotopic (exact) mass is 299 g/mol. The molecule has 5 nitrogen and oxygen atoms in total. The fourth-order valence-corrected chi connectivity index (χ4v) is 1.81. The molecule has 17 heavy (non-hydrogen) atoms. The third-order valence-electron chi connectivity index (χ3n) is 2.55. The second-order valence-corrected chi connectivity index (χ2v) is 4.83. The summed E-state index contributed by atoms with van der Waals surface area (Å²) in [5.41, 5.74) is 1.03. The third-order valence-corrected chi connectivity index (χ3v) is 3.38. The minimum Gasteiger partial charge on any atom is -0.379 e. The van der Waals surface area contributed by atoms with Gasteiger partial charge in [0.05, 0.1) is 12.6 Å². The van der Waals surface area contributed by atoms with Crippen LogP contribution in [0.1, 0.15) is 12.0 Å². The van der Waals surface area contributed by atoms with Gasteiger partial charge < -0.3 is 10.1 Å². The summed E-state index contributed by atoms with van der Waals surface area (Å²) in [5.74, 6) is 0.544. The lowest BCUT2D eigenvalue weighted by Gasteiger charge is -2.11. The average Bonchev–Trinajstić information content (AvgIpc) is 2.76. The van der Waals surface area contributed by atoms with E-state index >= 15 is 0 Å². The van der Waals surface area contributed by atoms with Gasteiger partial charge >= 0.3 is 6.03 Å². The van der Waals surface area contributed by atoms with Gasteiger partial charge in [-0.2, -0.15) is 0 Å². The van der Waals surface area contributed by atoms with E-state index in [0.717, 1.165) is 16.5 Å². The number of amides is 2. The van der Waals surface area contributed by atoms with E-state index < -0.39 is 0 Å². The smallest absolute Gasteiger partial charge is 0.320 e. The van der Waals surface area contributed by atoms with E-state index in [1.807, 2.05) is 13.0 Å². The van der Waals surface area contributed by atoms with Crippen molar-refractivity contribution in [2.24, 2.45) is 0 Å². The molecule has 0 radical (unpaired) electrons. The fourth-order valence-electron chi connectivity index (χ4n) is 1.59. The number of hydrogen-bond donors (Lipinski definition) is 2. The van der Waals surface area contributed by atoms with Crippen LogP contribution in [0, 0.1) is 6.92 Å². The minimum absolute atomic E-state index is 0.103. The van der Waals surface area contributed by atoms with Crippen molar-refractivity contribution < 1.29 is 9.53 Å². The van der Waals surface area contributed by atoms with E-state index in [9.17, 15) is 4.79 Å². The average molecular weight is 300 g/mol. The second-order valence-electron chi connectivity index (χ2n) is 3.98. The predicted molar refractivity (Wildman–Crippen MR) is 68.1 cm³/mol. The van der Waals surface area contributed by atoms with Crippen LogP contribution in [0.2, 0.25) is 0 Å². The lowest BCUT2D eigenvalue weighted by molar-refractivity contribution is 0.189. The molecule has 0 bridgehead atoms. The van der Waals surface area contributed by atoms with Crippen molar-refractivity contribution in [3.8, 4) is 0 Å². The fraction of sp³-hybridized carbons (Fsp3) is 0.455. The first-order valence-corrected chi connectivity index (χ1v) is 6.22. The zero-order valence-electron chi connectivity index (χ0n) is 9.50. The summed E-state index contributed by atoms with van der Waals surface area (Å²) in [5, 5.41) is 5.53. The first-order valence-electron chi connectivity index (χ1n) is 5.42. The number of urea groups is 1. The first-order chi connectivity index (χ1) is 8.15. The maximum Gasteiger partial charge on any atom is 0.320 e. The Labute approximate surface area is 108 Å². The van der Waals surface area contributed by atoms with Crippen LogP contribution in [-0.4, -0.2) is 30.3 Å². The predicted octanol–water partition coefficient (Wildman–Crippen LogP) is 2.06. The molecule has 2 amide bonds. The van der Waals surface area contributed by atoms with Crippen molar-refractivity contribution >= 4 is 27.8 Å². The number of carbonyl (C=O) groups excluding carboxylic acids is 1. The summed E-state index contributed by atoms with van der Waals surface area (Å²) < 4.78 is 6.10. The van der Waals surface area contributed by atoms with Crippen LogP contribution < -0.4 is 10.6 Å². The Morgan fingerprint density at radius 1 is 1.65 bits per heavy atom. The Morgan fingerprint density at radius 2 is 2.47 bits per heavy atom. The first kappa shape index (κ1) is 12.3. The maximum atomic E-state index is 11.6. The van der Waals surface area contributed by atoms with Crippen LogP contribution in [-0.2, 0) is 4.74 Å². The lowest BCUT2D eigenvalue weighted by atomic mass is 10.3. The van der Waals surface area contributed by atoms with Crippen molar-refractivity contribution in [2.45, 2.75) is 19.4 Å². The second kappa shape index (κ2) is 5.46. The normalized spacial score (nSPS) is 19.1. The van der Waals surface area contributed by atoms with E-state index in [2.05, 4.69) is 31.5 Å². The van der Waals surface area contributed by atoms with Gasteiger partial charge in [0.15, 0.2) is 0 Å². The number of nitrogens with one attached hydrogen (secondary N) is 2. The molecule has 1 aliphatic rings. The molecule has 1 unspecified atom stereocenters. The molecule has 92 valence electrons. The van der Waals surface area contributed by atoms with Gasteiger partial charge in [0.25, 0.3) is 0 Å². The number of carbonyl (C=O) groups is 1. The molecule has 0 saturated carbocycles. The molecule has 0 aromatic carbocycles. The molecule has 2 rings (SSSR count). The number of hydrogen-bond acceptors (Lipinski definition) is 3. The van der Waals surface area contributed by atoms with E-state index in [4.69, 9.17) is 4.74 Å². The van der Waals surface area contributed by atoms with Crippen LogP contribution in [0.15, 0.2) is 16.7 Å². The minimum atomic E-state index is -0.241. The molecule has 6 heteroatoms. The Hall–Kier alpha value is -1.14. The van der Waals surface area contributed by atoms with Crippen LogP contribution in [0.3, 0.4) is 0 Å². The summed E-state index contributed by atoms with van der Waals surface area (Å²) in [4.78, 5) is 15.7. The largest absolute Gasteiger partial charge is 0.379 e. The Balaban J connectivity index is 1.90. The van der Waals surface area contributed by atoms with Crippen LogP contribution >= 0.6 is 15.9 Å². The lowest BCUT2D eigenvalue weighted by Crippen LogP contribution is -2.38. The Bertz CT molecular complexity index is 419. The van der Waals surface area contributed by atoms with Crippen molar-refractivity contribution in [1.82, 2.24) is 10.3 Å². The Morgan fingerprint density at radius 3 is 3.12 bits per heavy atom. The van der Waals surface area contributed by atoms with Crippen LogP contribution in [0.25, 0.3) is 0 Å². The number of ether oxygens (including phenoxy) is 1. The topological polar surface area (TPSA) is 63.2 Å². The molecule has 0 aliphatic carbocycles. The molecule has 1 atom stereocenters. The van der Waals surface area contributed by atoms with Crippen molar-refractivity contribution in [1.29, 1.82) is 0 Å². The summed E-state index contributed by atoms with van der Waals surface area (Å²) in [6.07, 6.45) is 2.53. The molecular weight excluding hydrogens is 286 g/mol. The molecule has 2 heterocycles. The van der Waals surface area contributed by atoms with Crippen molar-refractivity contribution in [2.75, 3.05) is 18.5 Å². The van der Waals surface area contributed by atoms with E-state index in [-0.39, 0.29) is 12.1 Å². The molecule has 1 saturated heterocycles. The van der Waals surface area contributed by atoms with Gasteiger partial charge in [0.2, 0.25) is 0 Å². The molecule has 1 aromatic rings. The van der Waals surface area contributed by atoms with Crippen LogP contribution in [0.4, 0.5) is 10.6 Å². The third kappa shape index (κ3) is 3.41. The quantitative estimate of drug-likeness (QED) is 0.879. The summed E-state index contributed by atoms with van der Waals surface area (Å²) in [6, 6.07) is 1.68. The van der Waals surface area contributed by atoms with E-state index in [0.29, 0.717) is 19.0 Å². The molecule has 1 aromatic heterocycles. The SMILES string of the molecule is Cc1cc(NC(=O)NC2CCOC2)ncc1Br. The summed E-state index contributed by atoms with van der Waals surface area (Å²) in [7, 11) is 0. The highest BCUT2D eigenvalue weighted by molar-refractivity contribution is 9.10. The zero-order chi connectivity index (χ0) is 12.3. The van der Waals surface area contributed by atoms with Gasteiger partial charge in [-0.3, -0.25) is 5.32 Å². The van der Waals surface area contributed by atoms with E-state index in [1.54, 1.807) is 6.20 Å². The van der Waals surface area contributed by atoms with Gasteiger partial charge in [-0.25, -0.2) is 9.78 Å². The molecule has 1 fully saturated rings. The number of halogens is 1. The molecular formula is C11H14BrN3O2. The van der Waals surface area contributed by atoms with Crippen molar-refractivity contribution in [3.63, 3.8) is 0 Å². The van der Waals surface area contributed by atoms with Gasteiger partial charge in [-0.1, -0.05) is 0 Å². The van der Waals surface area contributed by atoms with Gasteiger partial charge in [0.1, 0.15) is 5.82 Å². The number of anilines is 1. The highest BCUT2D eigenvalue weighted by atomic mass is 79.9. The Kier molecular flexibility index (Phi) is 3.96. The number of pyridine rings is 1. The number of aromatic nitrogens is 1. The standard InChI is InChI=1S/C11H14BrN3O2/c1-7-4-10(13-5-9(7)12)15-11(16)14-8-2-3-17-6-8/h4-5,8H,2-3,6H2,1H3,(H2,13,14,15,16). The summed E-state index contributed by atoms with van der Waals surface area (Å²) in [6.45, 7) is 3.24. The highest BCUT2D eigenvalue weighted by Crippen LogP contribution is 2.17. The molecule has 2 N–H and O–H groups in total. The van der Waals surface area contributed by atoms with E-state index in [1.165, 1.54) is 0 Å². The van der Waals surface area contributed by atoms with Gasteiger partial charge in [-0.15, -0.1) is 0 Å². The summed E-state index contributed by atoms with van der Waals surface area (Å²) >= 11 is 3.36. The van der Waals surface area contributed by atoms with Crippen LogP contribution in [0.5, 0.6) is 0 Å². The van der Waals surface area contributed by atoms with Gasteiger partial charge in [-0.05, 0) is 40.9 Å². The molecule has 1 aliphatic heterocycles. The number of rotatable bonds is 2. The maximum absolute atomic E-state index is 11.6. The molecule has 0 spiro atoms. The number of nitrogens with zero attached hydrogens (tertiary/aromatic N) is 1. The number of aryl methyl sites for hydroxylation is 1.